The molecule has 9 heteroatoms. The van der Waals surface area contributed by atoms with E-state index >= 15 is 0 Å². The van der Waals surface area contributed by atoms with E-state index in [4.69, 9.17) is 9.05 Å². The lowest BCUT2D eigenvalue weighted by Crippen LogP contribution is -2.46. The molecular formula is C63H122N2O6P+. The Labute approximate surface area is 448 Å². The van der Waals surface area contributed by atoms with Crippen LogP contribution in [0.5, 0.6) is 0 Å². The van der Waals surface area contributed by atoms with Gasteiger partial charge in [0.25, 0.3) is 0 Å². The Bertz CT molecular complexity index is 1310. The van der Waals surface area contributed by atoms with Crippen molar-refractivity contribution in [2.45, 2.75) is 309 Å². The van der Waals surface area contributed by atoms with Gasteiger partial charge in [0.15, 0.2) is 0 Å². The Morgan fingerprint density at radius 1 is 0.486 bits per heavy atom. The first-order chi connectivity index (χ1) is 35.0. The van der Waals surface area contributed by atoms with Crippen LogP contribution in [0, 0.1) is 0 Å². The van der Waals surface area contributed by atoms with E-state index in [9.17, 15) is 19.4 Å². The average Bonchev–Trinajstić information content (AvgIpc) is 3.34. The van der Waals surface area contributed by atoms with Crippen LogP contribution in [0.25, 0.3) is 0 Å². The lowest BCUT2D eigenvalue weighted by Gasteiger charge is -2.26. The highest BCUT2D eigenvalue weighted by molar-refractivity contribution is 7.47. The third-order valence-corrected chi connectivity index (χ3v) is 15.1. The molecular weight excluding hydrogens is 912 g/mol. The second-order valence-corrected chi connectivity index (χ2v) is 23.9. The summed E-state index contributed by atoms with van der Waals surface area (Å²) in [5, 5.41) is 14.0. The van der Waals surface area contributed by atoms with Gasteiger partial charge in [0, 0.05) is 6.42 Å². The number of hydrogen-bond donors (Lipinski definition) is 3. The van der Waals surface area contributed by atoms with E-state index in [1.54, 1.807) is 0 Å². The van der Waals surface area contributed by atoms with Gasteiger partial charge >= 0.3 is 7.82 Å². The first kappa shape index (κ1) is 70.5. The number of carbonyl (C=O) groups excluding carboxylic acids is 1. The maximum absolute atomic E-state index is 12.9. The second-order valence-electron chi connectivity index (χ2n) is 22.4. The zero-order valence-electron chi connectivity index (χ0n) is 48.4. The summed E-state index contributed by atoms with van der Waals surface area (Å²) in [7, 11) is 1.63. The summed E-state index contributed by atoms with van der Waals surface area (Å²) in [6, 6.07) is -0.756. The predicted molar refractivity (Wildman–Crippen MR) is 314 cm³/mol. The molecule has 0 bridgehead atoms. The normalized spacial score (nSPS) is 14.2. The number of phosphoric acid groups is 1. The van der Waals surface area contributed by atoms with Gasteiger partial charge in [-0.1, -0.05) is 287 Å². The lowest BCUT2D eigenvalue weighted by molar-refractivity contribution is -0.870. The molecule has 1 amide bonds. The molecule has 0 fully saturated rings. The van der Waals surface area contributed by atoms with Gasteiger partial charge in [-0.2, -0.15) is 0 Å². The quantitative estimate of drug-likeness (QED) is 0.0243. The molecule has 3 atom stereocenters. The topological polar surface area (TPSA) is 105 Å². The van der Waals surface area contributed by atoms with Crippen LogP contribution in [0.15, 0.2) is 48.6 Å². The number of rotatable bonds is 57. The fourth-order valence-corrected chi connectivity index (χ4v) is 10.0. The maximum atomic E-state index is 12.9. The lowest BCUT2D eigenvalue weighted by atomic mass is 10.0. The van der Waals surface area contributed by atoms with E-state index in [0.717, 1.165) is 64.2 Å². The number of quaternary nitrogens is 1. The molecule has 0 aromatic heterocycles. The van der Waals surface area contributed by atoms with Gasteiger partial charge in [-0.3, -0.25) is 13.8 Å². The number of nitrogens with zero attached hydrogens (tertiary/aromatic N) is 1. The number of aliphatic hydroxyl groups is 1. The van der Waals surface area contributed by atoms with Crippen molar-refractivity contribution in [2.75, 3.05) is 40.9 Å². The standard InChI is InChI=1S/C63H121N2O6P/c1-6-8-10-12-14-16-17-18-19-20-21-22-23-24-25-26-27-28-29-30-31-32-33-34-35-36-37-38-39-40-41-42-43-44-45-46-47-49-51-53-55-57-63(67)64-61(60-71-72(68,69)70-59-58-65(3,4)5)62(66)56-54-52-50-48-15-13-11-9-7-2/h8,10,14,16,18-19,21-22,61-62,66H,6-7,9,11-13,15,17,20,23-60H2,1-5H3,(H-,64,67,68,69)/p+1/b10-8-,16-14-,19-18-,22-21-. The molecule has 3 unspecified atom stereocenters. The predicted octanol–water partition coefficient (Wildman–Crippen LogP) is 19.1. The third-order valence-electron chi connectivity index (χ3n) is 14.1. The van der Waals surface area contributed by atoms with Crippen LogP contribution in [0.2, 0.25) is 0 Å². The zero-order valence-corrected chi connectivity index (χ0v) is 49.3. The SMILES string of the molecule is CC/C=C\C/C=C\C/C=C\C/C=C\CCCCCCCCCCCCCCCCCCCCCCCCCCCCCCC(=O)NC(COP(=O)(O)OCC[N+](C)(C)C)C(O)CCCCCCCCCCC. The molecule has 0 spiro atoms. The summed E-state index contributed by atoms with van der Waals surface area (Å²) in [5.41, 5.74) is 0. The Balaban J connectivity index is 3.74. The van der Waals surface area contributed by atoms with Crippen molar-refractivity contribution in [3.8, 4) is 0 Å². The van der Waals surface area contributed by atoms with Crippen LogP contribution in [-0.4, -0.2) is 73.4 Å². The van der Waals surface area contributed by atoms with Crippen molar-refractivity contribution in [1.82, 2.24) is 5.32 Å². The van der Waals surface area contributed by atoms with Gasteiger partial charge in [0.05, 0.1) is 39.9 Å². The number of allylic oxidation sites excluding steroid dienone is 8. The van der Waals surface area contributed by atoms with Gasteiger partial charge < -0.3 is 19.8 Å². The summed E-state index contributed by atoms with van der Waals surface area (Å²) in [4.78, 5) is 23.2. The Kier molecular flexibility index (Phi) is 53.1. The molecule has 0 saturated carbocycles. The van der Waals surface area contributed by atoms with E-state index in [1.807, 2.05) is 21.1 Å². The van der Waals surface area contributed by atoms with Gasteiger partial charge in [0.1, 0.15) is 13.2 Å². The molecule has 0 heterocycles. The van der Waals surface area contributed by atoms with Crippen LogP contribution >= 0.6 is 7.82 Å². The minimum atomic E-state index is -4.31. The number of nitrogens with one attached hydrogen (secondary N) is 1. The highest BCUT2D eigenvalue weighted by Gasteiger charge is 2.28. The molecule has 72 heavy (non-hydrogen) atoms. The van der Waals surface area contributed by atoms with Crippen molar-refractivity contribution in [1.29, 1.82) is 0 Å². The largest absolute Gasteiger partial charge is 0.472 e. The van der Waals surface area contributed by atoms with Crippen LogP contribution in [-0.2, 0) is 18.4 Å². The van der Waals surface area contributed by atoms with Crippen molar-refractivity contribution in [3.63, 3.8) is 0 Å². The van der Waals surface area contributed by atoms with Crippen molar-refractivity contribution in [2.24, 2.45) is 0 Å². The van der Waals surface area contributed by atoms with Crippen molar-refractivity contribution >= 4 is 13.7 Å². The number of phosphoric ester groups is 1. The molecule has 0 aliphatic carbocycles. The van der Waals surface area contributed by atoms with E-state index < -0.39 is 20.0 Å². The van der Waals surface area contributed by atoms with Gasteiger partial charge in [-0.15, -0.1) is 0 Å². The molecule has 424 valence electrons. The van der Waals surface area contributed by atoms with Gasteiger partial charge in [0.2, 0.25) is 5.91 Å². The summed E-state index contributed by atoms with van der Waals surface area (Å²) >= 11 is 0. The number of hydrogen-bond acceptors (Lipinski definition) is 5. The molecule has 0 aromatic carbocycles. The molecule has 0 aliphatic rings. The van der Waals surface area contributed by atoms with Crippen LogP contribution in [0.4, 0.5) is 0 Å². The first-order valence-electron chi connectivity index (χ1n) is 31.0. The Morgan fingerprint density at radius 2 is 0.833 bits per heavy atom. The minimum absolute atomic E-state index is 0.0764. The zero-order chi connectivity index (χ0) is 52.7. The summed E-state index contributed by atoms with van der Waals surface area (Å²) < 4.78 is 23.7. The molecule has 0 aromatic rings. The number of amides is 1. The molecule has 0 saturated heterocycles. The third kappa shape index (κ3) is 56.2. The number of carbonyl (C=O) groups is 1. The number of unbranched alkanes of at least 4 members (excludes halogenated alkanes) is 36. The molecule has 3 N–H and O–H groups in total. The Hall–Kier alpha value is -1.54. The fraction of sp³-hybridized carbons (Fsp3) is 0.857. The molecule has 0 aliphatic heterocycles. The van der Waals surface area contributed by atoms with Crippen molar-refractivity contribution in [3.05, 3.63) is 48.6 Å². The molecule has 0 radical (unpaired) electrons. The van der Waals surface area contributed by atoms with Crippen molar-refractivity contribution < 1.29 is 32.9 Å². The highest BCUT2D eigenvalue weighted by Crippen LogP contribution is 2.43. The summed E-state index contributed by atoms with van der Waals surface area (Å²) in [6.45, 7) is 4.77. The van der Waals surface area contributed by atoms with Crippen LogP contribution in [0.1, 0.15) is 296 Å². The van der Waals surface area contributed by atoms with E-state index in [-0.39, 0.29) is 19.1 Å². The molecule has 8 nitrogen and oxygen atoms in total. The van der Waals surface area contributed by atoms with Crippen LogP contribution < -0.4 is 5.32 Å². The van der Waals surface area contributed by atoms with Gasteiger partial charge in [-0.05, 0) is 51.4 Å². The fourth-order valence-electron chi connectivity index (χ4n) is 9.28. The maximum Gasteiger partial charge on any atom is 0.472 e. The van der Waals surface area contributed by atoms with E-state index in [0.29, 0.717) is 23.9 Å². The first-order valence-corrected chi connectivity index (χ1v) is 32.5. The Morgan fingerprint density at radius 3 is 1.22 bits per heavy atom. The molecule has 0 rings (SSSR count). The average molecular weight is 1030 g/mol. The van der Waals surface area contributed by atoms with Gasteiger partial charge in [-0.25, -0.2) is 4.57 Å². The summed E-state index contributed by atoms with van der Waals surface area (Å²) in [6.07, 6.45) is 72.3. The monoisotopic (exact) mass is 1030 g/mol. The van der Waals surface area contributed by atoms with E-state index in [2.05, 4.69) is 67.8 Å². The smallest absolute Gasteiger partial charge is 0.391 e. The highest BCUT2D eigenvalue weighted by atomic mass is 31.2. The number of aliphatic hydroxyl groups excluding tert-OH is 1. The second kappa shape index (κ2) is 54.3. The summed E-state index contributed by atoms with van der Waals surface area (Å²) in [5.74, 6) is -0.142. The minimum Gasteiger partial charge on any atom is -0.391 e. The van der Waals surface area contributed by atoms with Crippen LogP contribution in [0.3, 0.4) is 0 Å². The number of likely N-dealkylation sites (N-methyl/N-ethyl adjacent to an activating group) is 1. The van der Waals surface area contributed by atoms with E-state index in [1.165, 1.54) is 205 Å².